The van der Waals surface area contributed by atoms with E-state index in [1.165, 1.54) is 23.3 Å². The molecule has 9 nitrogen and oxygen atoms in total. The Bertz CT molecular complexity index is 1510. The molecule has 3 amide bonds. The average Bonchev–Trinajstić information content (AvgIpc) is 3.65. The number of fused-ring (bicyclic) bond motifs is 1. The van der Waals surface area contributed by atoms with Crippen LogP contribution >= 0.6 is 0 Å². The highest BCUT2D eigenvalue weighted by molar-refractivity contribution is 5.96. The van der Waals surface area contributed by atoms with Crippen LogP contribution in [-0.2, 0) is 16.0 Å². The molecule has 0 atom stereocenters. The molecule has 40 heavy (non-hydrogen) atoms. The van der Waals surface area contributed by atoms with Crippen molar-refractivity contribution in [3.05, 3.63) is 95.3 Å². The second-order valence-electron chi connectivity index (χ2n) is 9.97. The predicted octanol–water partition coefficient (Wildman–Crippen LogP) is 3.97. The van der Waals surface area contributed by atoms with Crippen LogP contribution in [0.15, 0.2) is 71.5 Å². The number of nitrogens with one attached hydrogen (secondary N) is 3. The van der Waals surface area contributed by atoms with Crippen LogP contribution in [0, 0.1) is 6.92 Å². The monoisotopic (exact) mass is 539 g/mol. The van der Waals surface area contributed by atoms with Crippen molar-refractivity contribution >= 4 is 34.7 Å². The molecule has 9 heteroatoms. The third-order valence-corrected chi connectivity index (χ3v) is 7.25. The van der Waals surface area contributed by atoms with Crippen molar-refractivity contribution < 1.29 is 18.8 Å². The first-order valence-electron chi connectivity index (χ1n) is 13.6. The van der Waals surface area contributed by atoms with Crippen LogP contribution in [0.4, 0.5) is 0 Å². The van der Waals surface area contributed by atoms with E-state index in [0.29, 0.717) is 43.8 Å². The summed E-state index contributed by atoms with van der Waals surface area (Å²) >= 11 is 0. The molecular formula is C31H33N5O4. The van der Waals surface area contributed by atoms with Gasteiger partial charge in [0.15, 0.2) is 0 Å². The van der Waals surface area contributed by atoms with Gasteiger partial charge in [0.2, 0.25) is 11.8 Å². The van der Waals surface area contributed by atoms with Gasteiger partial charge in [-0.05, 0) is 68.2 Å². The topological polar surface area (TPSA) is 120 Å². The summed E-state index contributed by atoms with van der Waals surface area (Å²) in [5.41, 5.74) is 4.48. The van der Waals surface area contributed by atoms with Crippen LogP contribution in [0.5, 0.6) is 0 Å². The molecule has 0 aliphatic carbocycles. The molecule has 0 saturated carbocycles. The van der Waals surface area contributed by atoms with Crippen molar-refractivity contribution in [2.24, 2.45) is 0 Å². The number of aromatic nitrogens is 2. The van der Waals surface area contributed by atoms with Crippen LogP contribution < -0.4 is 10.6 Å². The summed E-state index contributed by atoms with van der Waals surface area (Å²) in [7, 11) is 0. The first-order chi connectivity index (χ1) is 19.5. The predicted molar refractivity (Wildman–Crippen MR) is 153 cm³/mol. The molecule has 206 valence electrons. The Labute approximate surface area is 232 Å². The third-order valence-electron chi connectivity index (χ3n) is 7.25. The number of benzene rings is 1. The van der Waals surface area contributed by atoms with Gasteiger partial charge in [0.05, 0.1) is 24.1 Å². The van der Waals surface area contributed by atoms with E-state index in [9.17, 15) is 14.4 Å². The van der Waals surface area contributed by atoms with Crippen LogP contribution in [0.1, 0.15) is 51.8 Å². The molecule has 0 unspecified atom stereocenters. The number of piperidine rings is 1. The van der Waals surface area contributed by atoms with Crippen molar-refractivity contribution in [2.45, 2.75) is 32.1 Å². The summed E-state index contributed by atoms with van der Waals surface area (Å²) < 4.78 is 5.16. The smallest absolute Gasteiger partial charge is 0.253 e. The number of aromatic amines is 1. The number of aryl methyl sites for hydroxylation is 1. The van der Waals surface area contributed by atoms with Crippen molar-refractivity contribution in [3.63, 3.8) is 0 Å². The lowest BCUT2D eigenvalue weighted by Gasteiger charge is -2.32. The summed E-state index contributed by atoms with van der Waals surface area (Å²) in [5, 5.41) is 6.86. The minimum atomic E-state index is -0.357. The van der Waals surface area contributed by atoms with E-state index < -0.39 is 0 Å². The SMILES string of the molecule is Cc1ccc(C(=O)NCCc2c[nH]c3ccccc23)c(C2CCN(C(=O)CNC(=O)/C=C\c3ccco3)CC2)n1. The molecular weight excluding hydrogens is 506 g/mol. The normalized spacial score (nSPS) is 14.1. The molecule has 3 aromatic heterocycles. The van der Waals surface area contributed by atoms with E-state index in [1.807, 2.05) is 43.5 Å². The molecule has 1 saturated heterocycles. The minimum Gasteiger partial charge on any atom is -0.465 e. The highest BCUT2D eigenvalue weighted by Crippen LogP contribution is 2.29. The van der Waals surface area contributed by atoms with Gasteiger partial charge in [0.1, 0.15) is 5.76 Å². The van der Waals surface area contributed by atoms with Crippen molar-refractivity contribution in [1.82, 2.24) is 25.5 Å². The van der Waals surface area contributed by atoms with Gasteiger partial charge in [-0.3, -0.25) is 19.4 Å². The average molecular weight is 540 g/mol. The number of furan rings is 1. The van der Waals surface area contributed by atoms with Crippen molar-refractivity contribution in [1.29, 1.82) is 0 Å². The number of carbonyl (C=O) groups excluding carboxylic acids is 3. The molecule has 0 spiro atoms. The molecule has 0 radical (unpaired) electrons. The maximum absolute atomic E-state index is 13.2. The Morgan fingerprint density at radius 3 is 2.70 bits per heavy atom. The lowest BCUT2D eigenvalue weighted by Crippen LogP contribution is -2.43. The molecule has 5 rings (SSSR count). The zero-order chi connectivity index (χ0) is 27.9. The first-order valence-corrected chi connectivity index (χ1v) is 13.6. The Hall–Kier alpha value is -4.66. The Balaban J connectivity index is 1.13. The van der Waals surface area contributed by atoms with E-state index in [1.54, 1.807) is 23.1 Å². The number of nitrogens with zero attached hydrogens (tertiary/aromatic N) is 2. The number of pyridine rings is 1. The third kappa shape index (κ3) is 6.48. The van der Waals surface area contributed by atoms with Crippen LogP contribution in [0.25, 0.3) is 17.0 Å². The second-order valence-corrected chi connectivity index (χ2v) is 9.97. The zero-order valence-electron chi connectivity index (χ0n) is 22.5. The molecule has 1 aliphatic heterocycles. The quantitative estimate of drug-likeness (QED) is 0.278. The number of likely N-dealkylation sites (tertiary alicyclic amines) is 1. The van der Waals surface area contributed by atoms with Crippen molar-refractivity contribution in [3.8, 4) is 0 Å². The van der Waals surface area contributed by atoms with E-state index in [2.05, 4.69) is 21.7 Å². The van der Waals surface area contributed by atoms with Gasteiger partial charge >= 0.3 is 0 Å². The molecule has 1 aliphatic rings. The van der Waals surface area contributed by atoms with Crippen molar-refractivity contribution in [2.75, 3.05) is 26.2 Å². The minimum absolute atomic E-state index is 0.0707. The number of para-hydroxylation sites is 1. The largest absolute Gasteiger partial charge is 0.465 e. The van der Waals surface area contributed by atoms with E-state index in [-0.39, 0.29) is 30.2 Å². The summed E-state index contributed by atoms with van der Waals surface area (Å²) in [6.45, 7) is 3.45. The summed E-state index contributed by atoms with van der Waals surface area (Å²) in [6, 6.07) is 15.3. The number of hydrogen-bond donors (Lipinski definition) is 3. The molecule has 1 fully saturated rings. The molecule has 4 heterocycles. The summed E-state index contributed by atoms with van der Waals surface area (Å²) in [4.78, 5) is 47.7. The van der Waals surface area contributed by atoms with Gasteiger partial charge in [-0.1, -0.05) is 18.2 Å². The first kappa shape index (κ1) is 26.9. The highest BCUT2D eigenvalue weighted by Gasteiger charge is 2.28. The Morgan fingerprint density at radius 1 is 1.07 bits per heavy atom. The van der Waals surface area contributed by atoms with Gasteiger partial charge in [-0.25, -0.2) is 0 Å². The molecule has 0 bridgehead atoms. The fraction of sp³-hybridized carbons (Fsp3) is 0.290. The van der Waals surface area contributed by atoms with Gasteiger partial charge in [-0.2, -0.15) is 0 Å². The number of H-pyrrole nitrogens is 1. The zero-order valence-corrected chi connectivity index (χ0v) is 22.5. The Morgan fingerprint density at radius 2 is 1.90 bits per heavy atom. The van der Waals surface area contributed by atoms with Crippen LogP contribution in [0.2, 0.25) is 0 Å². The van der Waals surface area contributed by atoms with E-state index >= 15 is 0 Å². The number of carbonyl (C=O) groups is 3. The van der Waals surface area contributed by atoms with E-state index in [4.69, 9.17) is 9.40 Å². The number of hydrogen-bond acceptors (Lipinski definition) is 5. The Kier molecular flexibility index (Phi) is 8.39. The number of amides is 3. The standard InChI is InChI=1S/C31H33N5O4/c1-21-8-10-26(31(39)32-15-12-23-19-33-27-7-3-2-6-25(23)27)30(35-21)22-13-16-36(17-14-22)29(38)20-34-28(37)11-9-24-5-4-18-40-24/h2-11,18-19,22,33H,12-17,20H2,1H3,(H,32,39)(H,34,37)/b11-9-. The van der Waals surface area contributed by atoms with Gasteiger partial charge < -0.3 is 24.9 Å². The second kappa shape index (κ2) is 12.5. The maximum Gasteiger partial charge on any atom is 0.253 e. The van der Waals surface area contributed by atoms with E-state index in [0.717, 1.165) is 23.3 Å². The summed E-state index contributed by atoms with van der Waals surface area (Å²) in [6.07, 6.45) is 8.53. The molecule has 4 aromatic rings. The van der Waals surface area contributed by atoms with Crippen LogP contribution in [-0.4, -0.2) is 58.8 Å². The maximum atomic E-state index is 13.2. The highest BCUT2D eigenvalue weighted by atomic mass is 16.3. The molecule has 1 aromatic carbocycles. The fourth-order valence-electron chi connectivity index (χ4n) is 5.10. The number of rotatable bonds is 9. The fourth-order valence-corrected chi connectivity index (χ4v) is 5.10. The van der Waals surface area contributed by atoms with Gasteiger partial charge in [-0.15, -0.1) is 0 Å². The molecule has 3 N–H and O–H groups in total. The lowest BCUT2D eigenvalue weighted by atomic mass is 9.89. The lowest BCUT2D eigenvalue weighted by molar-refractivity contribution is -0.133. The van der Waals surface area contributed by atoms with Gasteiger partial charge in [0, 0.05) is 54.4 Å². The van der Waals surface area contributed by atoms with Crippen LogP contribution in [0.3, 0.4) is 0 Å². The summed E-state index contributed by atoms with van der Waals surface area (Å²) in [5.74, 6) is 0.0144. The van der Waals surface area contributed by atoms with Gasteiger partial charge in [0.25, 0.3) is 5.91 Å².